The van der Waals surface area contributed by atoms with Gasteiger partial charge in [-0.2, -0.15) is 0 Å². The number of benzene rings is 1. The summed E-state index contributed by atoms with van der Waals surface area (Å²) in [4.78, 5) is 14.4. The number of sulfone groups is 1. The molecule has 2 fully saturated rings. The summed E-state index contributed by atoms with van der Waals surface area (Å²) in [5.41, 5.74) is 1.12. The second-order valence-corrected chi connectivity index (χ2v) is 11.1. The van der Waals surface area contributed by atoms with Crippen LogP contribution in [0, 0.1) is 0 Å². The number of amides is 2. The number of phenolic OH excluding ortho intramolecular Hbond substituents is 1. The zero-order valence-corrected chi connectivity index (χ0v) is 18.6. The Morgan fingerprint density at radius 2 is 1.93 bits per heavy atom. The highest BCUT2D eigenvalue weighted by atomic mass is 35.5. The van der Waals surface area contributed by atoms with Gasteiger partial charge < -0.3 is 20.6 Å². The summed E-state index contributed by atoms with van der Waals surface area (Å²) in [6.45, 7) is 4.00. The van der Waals surface area contributed by atoms with Crippen LogP contribution in [-0.4, -0.2) is 54.9 Å². The Bertz CT molecular complexity index is 967. The van der Waals surface area contributed by atoms with Gasteiger partial charge in [0.15, 0.2) is 15.6 Å². The Morgan fingerprint density at radius 3 is 2.57 bits per heavy atom. The minimum absolute atomic E-state index is 0.0300. The van der Waals surface area contributed by atoms with Crippen molar-refractivity contribution in [3.05, 3.63) is 28.8 Å². The maximum atomic E-state index is 13.2. The van der Waals surface area contributed by atoms with E-state index in [2.05, 4.69) is 21.6 Å². The quantitative estimate of drug-likeness (QED) is 0.466. The third kappa shape index (κ3) is 4.05. The standard InChI is InChI=1S/C21H28ClN3O4S/c1-13-5-4-6-17(13)23-21(27)24-18-8-7-16(22)20(19(18)26)30(28,29)15-11-14(12-15)25-9-2-3-10-25/h5,7-8,14-15,17,26H,2-4,6,9-12H2,1H3,(H2,23,24,27)/t14?,15?,17-/m1/s1. The number of phenols is 1. The predicted molar refractivity (Wildman–Crippen MR) is 117 cm³/mol. The van der Waals surface area contributed by atoms with Crippen LogP contribution in [0.15, 0.2) is 28.7 Å². The summed E-state index contributed by atoms with van der Waals surface area (Å²) in [7, 11) is -3.80. The van der Waals surface area contributed by atoms with E-state index in [1.54, 1.807) is 0 Å². The number of halogens is 1. The lowest BCUT2D eigenvalue weighted by atomic mass is 9.91. The van der Waals surface area contributed by atoms with Gasteiger partial charge in [0.25, 0.3) is 0 Å². The first-order chi connectivity index (χ1) is 14.3. The number of nitrogens with zero attached hydrogens (tertiary/aromatic N) is 1. The summed E-state index contributed by atoms with van der Waals surface area (Å²) in [6, 6.07) is 2.55. The molecule has 0 bridgehead atoms. The van der Waals surface area contributed by atoms with Crippen LogP contribution >= 0.6 is 11.6 Å². The fraction of sp³-hybridized carbons (Fsp3) is 0.571. The van der Waals surface area contributed by atoms with E-state index >= 15 is 0 Å². The smallest absolute Gasteiger partial charge is 0.319 e. The molecule has 1 aliphatic heterocycles. The number of rotatable bonds is 5. The molecule has 30 heavy (non-hydrogen) atoms. The predicted octanol–water partition coefficient (Wildman–Crippen LogP) is 3.68. The fourth-order valence-corrected chi connectivity index (χ4v) is 7.11. The van der Waals surface area contributed by atoms with Gasteiger partial charge in [-0.1, -0.05) is 23.3 Å². The van der Waals surface area contributed by atoms with E-state index in [0.717, 1.165) is 44.3 Å². The maximum absolute atomic E-state index is 13.2. The van der Waals surface area contributed by atoms with Crippen LogP contribution < -0.4 is 10.6 Å². The highest BCUT2D eigenvalue weighted by Gasteiger charge is 2.44. The molecule has 4 rings (SSSR count). The minimum Gasteiger partial charge on any atom is -0.504 e. The lowest BCUT2D eigenvalue weighted by Crippen LogP contribution is -2.48. The zero-order chi connectivity index (χ0) is 21.5. The number of nitrogens with one attached hydrogen (secondary N) is 2. The Hall–Kier alpha value is -1.77. The van der Waals surface area contributed by atoms with Gasteiger partial charge in [-0.25, -0.2) is 13.2 Å². The molecule has 164 valence electrons. The SMILES string of the molecule is CC1=CCC[C@H]1NC(=O)Nc1ccc(Cl)c(S(=O)(=O)C2CC(N3CCCC3)C2)c1O. The molecule has 1 atom stereocenters. The first kappa shape index (κ1) is 21.5. The number of urea groups is 1. The second kappa shape index (κ2) is 8.40. The Balaban J connectivity index is 1.48. The number of likely N-dealkylation sites (tertiary alicyclic amines) is 1. The Labute approximate surface area is 182 Å². The van der Waals surface area contributed by atoms with Crippen LogP contribution in [0.25, 0.3) is 0 Å². The van der Waals surface area contributed by atoms with Crippen molar-refractivity contribution in [2.45, 2.75) is 67.7 Å². The van der Waals surface area contributed by atoms with E-state index in [4.69, 9.17) is 11.6 Å². The molecule has 0 radical (unpaired) electrons. The van der Waals surface area contributed by atoms with Gasteiger partial charge in [-0.05, 0) is 70.7 Å². The molecule has 1 heterocycles. The molecule has 1 saturated carbocycles. The van der Waals surface area contributed by atoms with Crippen LogP contribution in [0.1, 0.15) is 45.4 Å². The lowest BCUT2D eigenvalue weighted by molar-refractivity contribution is 0.161. The van der Waals surface area contributed by atoms with Crippen molar-refractivity contribution in [3.8, 4) is 5.75 Å². The van der Waals surface area contributed by atoms with Gasteiger partial charge in [-0.15, -0.1) is 0 Å². The van der Waals surface area contributed by atoms with Gasteiger partial charge in [0, 0.05) is 6.04 Å². The van der Waals surface area contributed by atoms with E-state index in [0.29, 0.717) is 12.8 Å². The molecule has 0 unspecified atom stereocenters. The largest absolute Gasteiger partial charge is 0.504 e. The van der Waals surface area contributed by atoms with Crippen molar-refractivity contribution >= 4 is 33.2 Å². The highest BCUT2D eigenvalue weighted by molar-refractivity contribution is 7.92. The van der Waals surface area contributed by atoms with Crippen LogP contribution in [0.3, 0.4) is 0 Å². The number of aromatic hydroxyl groups is 1. The monoisotopic (exact) mass is 453 g/mol. The molecule has 3 aliphatic rings. The van der Waals surface area contributed by atoms with E-state index in [1.807, 2.05) is 6.92 Å². The first-order valence-electron chi connectivity index (χ1n) is 10.5. The Morgan fingerprint density at radius 1 is 1.23 bits per heavy atom. The fourth-order valence-electron chi connectivity index (χ4n) is 4.63. The second-order valence-electron chi connectivity index (χ2n) is 8.48. The van der Waals surface area contributed by atoms with Gasteiger partial charge in [-0.3, -0.25) is 0 Å². The molecule has 3 N–H and O–H groups in total. The van der Waals surface area contributed by atoms with Crippen LogP contribution in [-0.2, 0) is 9.84 Å². The topological polar surface area (TPSA) is 98.7 Å². The van der Waals surface area contributed by atoms with Gasteiger partial charge in [0.05, 0.1) is 22.0 Å². The summed E-state index contributed by atoms with van der Waals surface area (Å²) in [6.07, 6.45) is 7.21. The lowest BCUT2D eigenvalue weighted by Gasteiger charge is -2.40. The highest BCUT2D eigenvalue weighted by Crippen LogP contribution is 2.43. The minimum atomic E-state index is -3.80. The maximum Gasteiger partial charge on any atom is 0.319 e. The van der Waals surface area contributed by atoms with Gasteiger partial charge in [0.1, 0.15) is 4.90 Å². The van der Waals surface area contributed by atoms with Crippen molar-refractivity contribution in [2.75, 3.05) is 18.4 Å². The van der Waals surface area contributed by atoms with Crippen molar-refractivity contribution in [1.29, 1.82) is 0 Å². The van der Waals surface area contributed by atoms with Crippen molar-refractivity contribution < 1.29 is 18.3 Å². The van der Waals surface area contributed by atoms with Gasteiger partial charge >= 0.3 is 6.03 Å². The third-order valence-electron chi connectivity index (χ3n) is 6.56. The molecule has 9 heteroatoms. The number of carbonyl (C=O) groups excluding carboxylic acids is 1. The average molecular weight is 454 g/mol. The van der Waals surface area contributed by atoms with E-state index < -0.39 is 26.9 Å². The zero-order valence-electron chi connectivity index (χ0n) is 17.0. The molecule has 0 aromatic heterocycles. The summed E-state index contributed by atoms with van der Waals surface area (Å²) in [5.74, 6) is -0.499. The number of hydrogen-bond acceptors (Lipinski definition) is 5. The van der Waals surface area contributed by atoms with E-state index in [9.17, 15) is 18.3 Å². The van der Waals surface area contributed by atoms with E-state index in [-0.39, 0.29) is 27.7 Å². The molecule has 1 aromatic carbocycles. The molecular formula is C21H28ClN3O4S. The van der Waals surface area contributed by atoms with E-state index in [1.165, 1.54) is 12.1 Å². The molecule has 2 aliphatic carbocycles. The van der Waals surface area contributed by atoms with Crippen LogP contribution in [0.5, 0.6) is 5.75 Å². The van der Waals surface area contributed by atoms with Crippen LogP contribution in [0.4, 0.5) is 10.5 Å². The number of anilines is 1. The molecule has 0 spiro atoms. The van der Waals surface area contributed by atoms with Crippen molar-refractivity contribution in [1.82, 2.24) is 10.2 Å². The normalized spacial score (nSPS) is 26.9. The molecular weight excluding hydrogens is 426 g/mol. The summed E-state index contributed by atoms with van der Waals surface area (Å²) < 4.78 is 26.4. The molecule has 7 nitrogen and oxygen atoms in total. The number of carbonyl (C=O) groups is 1. The molecule has 1 aromatic rings. The average Bonchev–Trinajstić information content (AvgIpc) is 3.28. The van der Waals surface area contributed by atoms with Gasteiger partial charge in [0.2, 0.25) is 0 Å². The third-order valence-corrected chi connectivity index (χ3v) is 9.23. The van der Waals surface area contributed by atoms with Crippen molar-refractivity contribution in [3.63, 3.8) is 0 Å². The number of hydrogen-bond donors (Lipinski definition) is 3. The summed E-state index contributed by atoms with van der Waals surface area (Å²) in [5, 5.41) is 15.5. The molecule has 2 amide bonds. The first-order valence-corrected chi connectivity index (χ1v) is 12.4. The number of allylic oxidation sites excluding steroid dienone is 1. The summed E-state index contributed by atoms with van der Waals surface area (Å²) >= 11 is 6.18. The van der Waals surface area contributed by atoms with Crippen molar-refractivity contribution in [2.24, 2.45) is 0 Å². The van der Waals surface area contributed by atoms with Crippen LogP contribution in [0.2, 0.25) is 5.02 Å². The molecule has 1 saturated heterocycles. The Kier molecular flexibility index (Phi) is 6.01.